The van der Waals surface area contributed by atoms with E-state index in [1.807, 2.05) is 54.4 Å². The summed E-state index contributed by atoms with van der Waals surface area (Å²) in [5.41, 5.74) is 6.27. The lowest BCUT2D eigenvalue weighted by atomic mass is 10.1. The Balaban J connectivity index is 1.53. The summed E-state index contributed by atoms with van der Waals surface area (Å²) in [5.74, 6) is -0.0940. The minimum atomic E-state index is -0.0940. The Kier molecular flexibility index (Phi) is 6.08. The second-order valence-electron chi connectivity index (χ2n) is 8.50. The highest BCUT2D eigenvalue weighted by atomic mass is 16.1. The number of rotatable bonds is 7. The van der Waals surface area contributed by atoms with E-state index < -0.39 is 0 Å². The Morgan fingerprint density at radius 1 is 1.03 bits per heavy atom. The molecule has 0 bridgehead atoms. The molecule has 1 amide bonds. The number of aromatic nitrogens is 5. The second kappa shape index (κ2) is 8.94. The van der Waals surface area contributed by atoms with Crippen LogP contribution >= 0.6 is 0 Å². The van der Waals surface area contributed by atoms with E-state index in [0.717, 1.165) is 45.8 Å². The first-order chi connectivity index (χ1) is 15.3. The highest BCUT2D eigenvalue weighted by Gasteiger charge is 2.19. The maximum Gasteiger partial charge on any atom is 0.252 e. The molecule has 0 aliphatic rings. The zero-order chi connectivity index (χ0) is 22.8. The van der Waals surface area contributed by atoms with E-state index in [1.165, 1.54) is 0 Å². The molecule has 32 heavy (non-hydrogen) atoms. The number of carbonyl (C=O) groups excluding carboxylic acids is 1. The number of pyridine rings is 1. The molecule has 3 aromatic heterocycles. The molecule has 4 rings (SSSR count). The molecule has 0 spiro atoms. The van der Waals surface area contributed by atoms with Crippen molar-refractivity contribution in [3.05, 3.63) is 76.4 Å². The summed E-state index contributed by atoms with van der Waals surface area (Å²) in [6.07, 6.45) is 0.799. The van der Waals surface area contributed by atoms with Crippen molar-refractivity contribution in [2.24, 2.45) is 0 Å². The van der Waals surface area contributed by atoms with E-state index in [-0.39, 0.29) is 11.9 Å². The van der Waals surface area contributed by atoms with Crippen molar-refractivity contribution >= 4 is 16.9 Å². The standard InChI is InChI=1S/C25H30N6O/c1-16-14-22(25(32)26-12-11-18(3)31-19(4)13-17(2)28-31)23-20(5)29-30(24(23)27-16)15-21-9-7-6-8-10-21/h6-10,13-14,18H,11-12,15H2,1-5H3,(H,26,32)/t18-/m1/s1. The number of hydrogen-bond acceptors (Lipinski definition) is 4. The van der Waals surface area contributed by atoms with Gasteiger partial charge in [0.15, 0.2) is 5.65 Å². The molecule has 7 heteroatoms. The maximum atomic E-state index is 13.1. The lowest BCUT2D eigenvalue weighted by Crippen LogP contribution is -2.27. The van der Waals surface area contributed by atoms with Crippen molar-refractivity contribution in [1.82, 2.24) is 29.9 Å². The topological polar surface area (TPSA) is 77.6 Å². The lowest BCUT2D eigenvalue weighted by molar-refractivity contribution is 0.0953. The van der Waals surface area contributed by atoms with Crippen LogP contribution in [0.25, 0.3) is 11.0 Å². The number of aryl methyl sites for hydroxylation is 4. The summed E-state index contributed by atoms with van der Waals surface area (Å²) < 4.78 is 3.91. The smallest absolute Gasteiger partial charge is 0.252 e. The van der Waals surface area contributed by atoms with Crippen LogP contribution in [-0.2, 0) is 6.54 Å². The molecule has 0 saturated carbocycles. The molecular weight excluding hydrogens is 400 g/mol. The second-order valence-corrected chi connectivity index (χ2v) is 8.50. The SMILES string of the molecule is Cc1cc(C(=O)NCC[C@@H](C)n2nc(C)cc2C)c2c(C)nn(Cc3ccccc3)c2n1. The molecule has 7 nitrogen and oxygen atoms in total. The molecule has 0 radical (unpaired) electrons. The molecule has 1 aromatic carbocycles. The quantitative estimate of drug-likeness (QED) is 0.474. The monoisotopic (exact) mass is 430 g/mol. The fourth-order valence-electron chi connectivity index (χ4n) is 4.23. The number of nitrogens with one attached hydrogen (secondary N) is 1. The van der Waals surface area contributed by atoms with Gasteiger partial charge in [-0.1, -0.05) is 30.3 Å². The lowest BCUT2D eigenvalue weighted by Gasteiger charge is -2.15. The third kappa shape index (κ3) is 4.42. The van der Waals surface area contributed by atoms with Gasteiger partial charge in [0.2, 0.25) is 0 Å². The maximum absolute atomic E-state index is 13.1. The molecule has 0 unspecified atom stereocenters. The molecule has 166 valence electrons. The molecular formula is C25H30N6O. The van der Waals surface area contributed by atoms with Crippen LogP contribution < -0.4 is 5.32 Å². The fraction of sp³-hybridized carbons (Fsp3) is 0.360. The zero-order valence-corrected chi connectivity index (χ0v) is 19.4. The number of carbonyl (C=O) groups is 1. The van der Waals surface area contributed by atoms with Crippen molar-refractivity contribution < 1.29 is 4.79 Å². The van der Waals surface area contributed by atoms with E-state index >= 15 is 0 Å². The van der Waals surface area contributed by atoms with Gasteiger partial charge in [0.25, 0.3) is 5.91 Å². The summed E-state index contributed by atoms with van der Waals surface area (Å²) in [6, 6.07) is 14.3. The van der Waals surface area contributed by atoms with E-state index in [4.69, 9.17) is 10.1 Å². The van der Waals surface area contributed by atoms with Gasteiger partial charge in [-0.15, -0.1) is 0 Å². The van der Waals surface area contributed by atoms with Crippen LogP contribution in [0.3, 0.4) is 0 Å². The van der Waals surface area contributed by atoms with Crippen molar-refractivity contribution in [3.63, 3.8) is 0 Å². The molecule has 0 aliphatic heterocycles. The van der Waals surface area contributed by atoms with Gasteiger partial charge in [0.1, 0.15) is 0 Å². The predicted octanol–water partition coefficient (Wildman–Crippen LogP) is 4.29. The van der Waals surface area contributed by atoms with Gasteiger partial charge in [0.05, 0.1) is 34.9 Å². The Bertz CT molecular complexity index is 1250. The minimum Gasteiger partial charge on any atom is -0.352 e. The first-order valence-electron chi connectivity index (χ1n) is 11.0. The Morgan fingerprint density at radius 3 is 2.47 bits per heavy atom. The Labute approximate surface area is 188 Å². The first-order valence-corrected chi connectivity index (χ1v) is 11.0. The van der Waals surface area contributed by atoms with Crippen LogP contribution in [0.5, 0.6) is 0 Å². The van der Waals surface area contributed by atoms with Crippen molar-refractivity contribution in [2.75, 3.05) is 6.54 Å². The van der Waals surface area contributed by atoms with Crippen molar-refractivity contribution in [1.29, 1.82) is 0 Å². The van der Waals surface area contributed by atoms with Crippen LogP contribution in [0, 0.1) is 27.7 Å². The number of hydrogen-bond donors (Lipinski definition) is 1. The summed E-state index contributed by atoms with van der Waals surface area (Å²) in [7, 11) is 0. The highest BCUT2D eigenvalue weighted by molar-refractivity contribution is 6.06. The molecule has 4 aromatic rings. The van der Waals surface area contributed by atoms with E-state index in [1.54, 1.807) is 0 Å². The molecule has 1 atom stereocenters. The largest absolute Gasteiger partial charge is 0.352 e. The van der Waals surface area contributed by atoms with Gasteiger partial charge in [-0.3, -0.25) is 9.48 Å². The van der Waals surface area contributed by atoms with Gasteiger partial charge in [0, 0.05) is 17.9 Å². The third-order valence-electron chi connectivity index (χ3n) is 5.74. The summed E-state index contributed by atoms with van der Waals surface area (Å²) >= 11 is 0. The van der Waals surface area contributed by atoms with Gasteiger partial charge in [-0.25, -0.2) is 9.67 Å². The van der Waals surface area contributed by atoms with Crippen LogP contribution in [-0.4, -0.2) is 37.0 Å². The summed E-state index contributed by atoms with van der Waals surface area (Å²) in [5, 5.41) is 13.1. The van der Waals surface area contributed by atoms with Gasteiger partial charge in [-0.05, 0) is 58.7 Å². The molecule has 1 N–H and O–H groups in total. The van der Waals surface area contributed by atoms with E-state index in [0.29, 0.717) is 18.7 Å². The number of nitrogens with zero attached hydrogens (tertiary/aromatic N) is 5. The van der Waals surface area contributed by atoms with Crippen LogP contribution in [0.15, 0.2) is 42.5 Å². The average molecular weight is 431 g/mol. The fourth-order valence-corrected chi connectivity index (χ4v) is 4.23. The average Bonchev–Trinajstić information content (AvgIpc) is 3.26. The molecule has 0 fully saturated rings. The summed E-state index contributed by atoms with van der Waals surface area (Å²) in [4.78, 5) is 17.8. The van der Waals surface area contributed by atoms with Crippen LogP contribution in [0.2, 0.25) is 0 Å². The Morgan fingerprint density at radius 2 is 1.78 bits per heavy atom. The van der Waals surface area contributed by atoms with Crippen molar-refractivity contribution in [3.8, 4) is 0 Å². The number of amides is 1. The van der Waals surface area contributed by atoms with E-state index in [9.17, 15) is 4.79 Å². The third-order valence-corrected chi connectivity index (χ3v) is 5.74. The first kappa shape index (κ1) is 21.7. The van der Waals surface area contributed by atoms with Crippen molar-refractivity contribution in [2.45, 2.75) is 53.6 Å². The highest BCUT2D eigenvalue weighted by Crippen LogP contribution is 2.23. The van der Waals surface area contributed by atoms with Crippen LogP contribution in [0.4, 0.5) is 0 Å². The minimum absolute atomic E-state index is 0.0940. The van der Waals surface area contributed by atoms with Crippen LogP contribution in [0.1, 0.15) is 58.1 Å². The van der Waals surface area contributed by atoms with Gasteiger partial charge in [-0.2, -0.15) is 10.2 Å². The molecule has 0 saturated heterocycles. The number of benzene rings is 1. The normalized spacial score (nSPS) is 12.3. The molecule has 3 heterocycles. The summed E-state index contributed by atoms with van der Waals surface area (Å²) in [6.45, 7) is 11.2. The number of fused-ring (bicyclic) bond motifs is 1. The van der Waals surface area contributed by atoms with Gasteiger partial charge < -0.3 is 5.32 Å². The Hall–Kier alpha value is -3.48. The van der Waals surface area contributed by atoms with E-state index in [2.05, 4.69) is 42.5 Å². The zero-order valence-electron chi connectivity index (χ0n) is 19.4. The van der Waals surface area contributed by atoms with Gasteiger partial charge >= 0.3 is 0 Å². The predicted molar refractivity (Wildman–Crippen MR) is 126 cm³/mol. The molecule has 0 aliphatic carbocycles.